The average molecular weight is 212 g/mol. The molecule has 1 aliphatic heterocycles. The van der Waals surface area contributed by atoms with Gasteiger partial charge in [-0.2, -0.15) is 0 Å². The Hall–Kier alpha value is -1.43. The van der Waals surface area contributed by atoms with Crippen LogP contribution >= 0.6 is 0 Å². The number of aliphatic carboxylic acids is 1. The van der Waals surface area contributed by atoms with E-state index in [1.54, 1.807) is 6.34 Å². The Kier molecular flexibility index (Phi) is 4.23. The van der Waals surface area contributed by atoms with E-state index in [0.29, 0.717) is 18.7 Å². The highest BCUT2D eigenvalue weighted by atomic mass is 16.4. The zero-order valence-electron chi connectivity index (χ0n) is 8.52. The van der Waals surface area contributed by atoms with Crippen LogP contribution in [0.5, 0.6) is 0 Å². The predicted molar refractivity (Wildman–Crippen MR) is 57.3 cm³/mol. The summed E-state index contributed by atoms with van der Waals surface area (Å²) in [5.74, 6) is -0.558. The fourth-order valence-electron chi connectivity index (χ4n) is 1.33. The molecule has 84 valence electrons. The van der Waals surface area contributed by atoms with E-state index in [4.69, 9.17) is 16.2 Å². The summed E-state index contributed by atoms with van der Waals surface area (Å²) in [4.78, 5) is 16.3. The molecule has 4 N–H and O–H groups in total. The van der Waals surface area contributed by atoms with E-state index in [1.165, 1.54) is 0 Å². The minimum atomic E-state index is -0.955. The number of amidine groups is 1. The number of carbonyl (C=O) groups is 1. The number of hydrogen-bond acceptors (Lipinski definition) is 4. The van der Waals surface area contributed by atoms with Gasteiger partial charge < -0.3 is 15.7 Å². The number of carboxylic acid groups (broad SMARTS) is 1. The lowest BCUT2D eigenvalue weighted by molar-refractivity contribution is -0.138. The SMILES string of the molecule is N=C1CCN(CCCC(N)C(=O)O)C=N1. The van der Waals surface area contributed by atoms with E-state index in [2.05, 4.69) is 4.99 Å². The summed E-state index contributed by atoms with van der Waals surface area (Å²) in [6.45, 7) is 1.53. The molecule has 6 nitrogen and oxygen atoms in total. The summed E-state index contributed by atoms with van der Waals surface area (Å²) in [5.41, 5.74) is 5.37. The molecular weight excluding hydrogens is 196 g/mol. The third-order valence-corrected chi connectivity index (χ3v) is 2.29. The summed E-state index contributed by atoms with van der Waals surface area (Å²) >= 11 is 0. The Morgan fingerprint density at radius 1 is 1.80 bits per heavy atom. The highest BCUT2D eigenvalue weighted by molar-refractivity contribution is 5.88. The van der Waals surface area contributed by atoms with Gasteiger partial charge in [0.15, 0.2) is 0 Å². The minimum Gasteiger partial charge on any atom is -0.480 e. The number of nitrogens with two attached hydrogens (primary N) is 1. The summed E-state index contributed by atoms with van der Waals surface area (Å²) in [7, 11) is 0. The van der Waals surface area contributed by atoms with Crippen LogP contribution in [0.2, 0.25) is 0 Å². The van der Waals surface area contributed by atoms with Gasteiger partial charge in [0.2, 0.25) is 0 Å². The molecule has 0 bridgehead atoms. The number of nitrogens with zero attached hydrogens (tertiary/aromatic N) is 2. The molecule has 1 heterocycles. The molecular formula is C9H16N4O2. The molecule has 1 atom stereocenters. The summed E-state index contributed by atoms with van der Waals surface area (Å²) < 4.78 is 0. The van der Waals surface area contributed by atoms with Gasteiger partial charge in [-0.3, -0.25) is 10.2 Å². The summed E-state index contributed by atoms with van der Waals surface area (Å²) in [5, 5.41) is 15.8. The molecule has 0 radical (unpaired) electrons. The van der Waals surface area contributed by atoms with Crippen LogP contribution in [0, 0.1) is 5.41 Å². The molecule has 0 aromatic heterocycles. The first-order valence-corrected chi connectivity index (χ1v) is 4.93. The number of rotatable bonds is 5. The lowest BCUT2D eigenvalue weighted by Crippen LogP contribution is -2.33. The molecule has 0 aliphatic carbocycles. The van der Waals surface area contributed by atoms with Crippen molar-refractivity contribution in [2.24, 2.45) is 10.7 Å². The normalized spacial score (nSPS) is 17.9. The van der Waals surface area contributed by atoms with Gasteiger partial charge in [-0.25, -0.2) is 4.99 Å². The quantitative estimate of drug-likeness (QED) is 0.591. The van der Waals surface area contributed by atoms with Crippen molar-refractivity contribution in [3.63, 3.8) is 0 Å². The zero-order valence-corrected chi connectivity index (χ0v) is 8.52. The Morgan fingerprint density at radius 3 is 3.07 bits per heavy atom. The first kappa shape index (κ1) is 11.6. The van der Waals surface area contributed by atoms with E-state index in [0.717, 1.165) is 19.5 Å². The number of nitrogens with one attached hydrogen (secondary N) is 1. The third kappa shape index (κ3) is 4.07. The molecule has 0 saturated carbocycles. The zero-order chi connectivity index (χ0) is 11.3. The van der Waals surface area contributed by atoms with E-state index >= 15 is 0 Å². The lowest BCUT2D eigenvalue weighted by atomic mass is 10.1. The molecule has 0 saturated heterocycles. The van der Waals surface area contributed by atoms with Crippen molar-refractivity contribution in [1.29, 1.82) is 5.41 Å². The maximum absolute atomic E-state index is 10.4. The number of carboxylic acids is 1. The largest absolute Gasteiger partial charge is 0.480 e. The van der Waals surface area contributed by atoms with Crippen molar-refractivity contribution in [2.45, 2.75) is 25.3 Å². The fourth-order valence-corrected chi connectivity index (χ4v) is 1.33. The van der Waals surface area contributed by atoms with Crippen LogP contribution in [-0.2, 0) is 4.79 Å². The van der Waals surface area contributed by atoms with Gasteiger partial charge in [0.1, 0.15) is 11.9 Å². The Bertz CT molecular complexity index is 277. The van der Waals surface area contributed by atoms with Crippen LogP contribution in [0.4, 0.5) is 0 Å². The molecule has 0 spiro atoms. The van der Waals surface area contributed by atoms with Crippen LogP contribution in [0.25, 0.3) is 0 Å². The Balaban J connectivity index is 2.18. The monoisotopic (exact) mass is 212 g/mol. The van der Waals surface area contributed by atoms with Gasteiger partial charge in [-0.15, -0.1) is 0 Å². The predicted octanol–water partition coefficient (Wildman–Crippen LogP) is -0.110. The third-order valence-electron chi connectivity index (χ3n) is 2.29. The summed E-state index contributed by atoms with van der Waals surface area (Å²) in [6.07, 6.45) is 3.49. The van der Waals surface area contributed by atoms with Crippen molar-refractivity contribution in [3.8, 4) is 0 Å². The average Bonchev–Trinajstić information content (AvgIpc) is 2.20. The van der Waals surface area contributed by atoms with Crippen LogP contribution in [0.15, 0.2) is 4.99 Å². The van der Waals surface area contributed by atoms with E-state index < -0.39 is 12.0 Å². The molecule has 6 heteroatoms. The van der Waals surface area contributed by atoms with Gasteiger partial charge in [0, 0.05) is 19.5 Å². The fraction of sp³-hybridized carbons (Fsp3) is 0.667. The molecule has 1 aliphatic rings. The second-order valence-electron chi connectivity index (χ2n) is 3.56. The van der Waals surface area contributed by atoms with Crippen molar-refractivity contribution < 1.29 is 9.90 Å². The van der Waals surface area contributed by atoms with Crippen molar-refractivity contribution in [2.75, 3.05) is 13.1 Å². The van der Waals surface area contributed by atoms with Crippen LogP contribution in [0.1, 0.15) is 19.3 Å². The maximum Gasteiger partial charge on any atom is 0.320 e. The topological polar surface area (TPSA) is 103 Å². The van der Waals surface area contributed by atoms with Gasteiger partial charge in [0.05, 0.1) is 6.34 Å². The first-order valence-electron chi connectivity index (χ1n) is 4.93. The van der Waals surface area contributed by atoms with Gasteiger partial charge in [-0.05, 0) is 12.8 Å². The highest BCUT2D eigenvalue weighted by Gasteiger charge is 2.12. The number of aliphatic imine (C=N–C) groups is 1. The lowest BCUT2D eigenvalue weighted by Gasteiger charge is -2.22. The Morgan fingerprint density at radius 2 is 2.53 bits per heavy atom. The van der Waals surface area contributed by atoms with Crippen LogP contribution in [0.3, 0.4) is 0 Å². The molecule has 15 heavy (non-hydrogen) atoms. The molecule has 0 amide bonds. The van der Waals surface area contributed by atoms with Crippen LogP contribution < -0.4 is 5.73 Å². The van der Waals surface area contributed by atoms with Gasteiger partial charge in [0.25, 0.3) is 0 Å². The van der Waals surface area contributed by atoms with Crippen LogP contribution in [-0.4, -0.2) is 47.3 Å². The summed E-state index contributed by atoms with van der Waals surface area (Å²) in [6, 6.07) is -0.773. The van der Waals surface area contributed by atoms with Crippen molar-refractivity contribution >= 4 is 18.1 Å². The Labute approximate surface area is 88.3 Å². The minimum absolute atomic E-state index is 0.397. The van der Waals surface area contributed by atoms with Crippen molar-refractivity contribution in [3.05, 3.63) is 0 Å². The first-order chi connectivity index (χ1) is 7.09. The molecule has 1 unspecified atom stereocenters. The molecule has 0 aromatic rings. The molecule has 0 fully saturated rings. The standard InChI is InChI=1S/C9H16N4O2/c10-7(9(14)15)2-1-4-13-5-3-8(11)12-6-13/h6-7,11H,1-5,10H2,(H,14,15). The highest BCUT2D eigenvalue weighted by Crippen LogP contribution is 2.02. The van der Waals surface area contributed by atoms with Gasteiger partial charge >= 0.3 is 5.97 Å². The second kappa shape index (κ2) is 5.45. The van der Waals surface area contributed by atoms with Gasteiger partial charge in [-0.1, -0.05) is 0 Å². The smallest absolute Gasteiger partial charge is 0.320 e. The molecule has 1 rings (SSSR count). The van der Waals surface area contributed by atoms with E-state index in [9.17, 15) is 4.79 Å². The maximum atomic E-state index is 10.4. The second-order valence-corrected chi connectivity index (χ2v) is 3.56. The van der Waals surface area contributed by atoms with Crippen molar-refractivity contribution in [1.82, 2.24) is 4.90 Å². The number of hydrogen-bond donors (Lipinski definition) is 3. The van der Waals surface area contributed by atoms with E-state index in [1.807, 2.05) is 4.90 Å². The molecule has 0 aromatic carbocycles. The van der Waals surface area contributed by atoms with E-state index in [-0.39, 0.29) is 0 Å².